The second-order valence-electron chi connectivity index (χ2n) is 4.93. The van der Waals surface area contributed by atoms with Gasteiger partial charge in [-0.15, -0.1) is 11.3 Å². The Balaban J connectivity index is 2.04. The predicted molar refractivity (Wildman–Crippen MR) is 102 cm³/mol. The number of hydrogen-bond donors (Lipinski definition) is 0. The molecule has 0 N–H and O–H groups in total. The van der Waals surface area contributed by atoms with Crippen molar-refractivity contribution in [2.24, 2.45) is 0 Å². The molecule has 21 heavy (non-hydrogen) atoms. The zero-order valence-corrected chi connectivity index (χ0v) is 14.7. The fraction of sp³-hybridized carbons (Fsp3) is 0. The lowest BCUT2D eigenvalue weighted by atomic mass is 10.0. The second kappa shape index (κ2) is 5.27. The Labute approximate surface area is 145 Å². The van der Waals surface area contributed by atoms with Crippen molar-refractivity contribution in [2.45, 2.75) is 0 Å². The third-order valence-electron chi connectivity index (χ3n) is 3.66. The van der Waals surface area contributed by atoms with Gasteiger partial charge in [0.15, 0.2) is 0 Å². The largest absolute Gasteiger partial charge is 0.127 e. The first-order valence-corrected chi connectivity index (χ1v) is 8.87. The number of rotatable bonds is 1. The molecule has 4 rings (SSSR count). The van der Waals surface area contributed by atoms with E-state index in [1.807, 2.05) is 12.1 Å². The smallest absolute Gasteiger partial charge is 0.0744 e. The molecule has 0 aliphatic heterocycles. The molecule has 0 spiro atoms. The summed E-state index contributed by atoms with van der Waals surface area (Å²) in [7, 11) is 0. The lowest BCUT2D eigenvalue weighted by molar-refractivity contribution is 1.71. The van der Waals surface area contributed by atoms with Gasteiger partial charge >= 0.3 is 0 Å². The monoisotopic (exact) mass is 420 g/mol. The molecule has 3 aromatic carbocycles. The van der Waals surface area contributed by atoms with E-state index < -0.39 is 0 Å². The fourth-order valence-electron chi connectivity index (χ4n) is 2.67. The zero-order valence-electron chi connectivity index (χ0n) is 10.9. The number of thiophene rings is 1. The average Bonchev–Trinajstić information content (AvgIpc) is 2.84. The summed E-state index contributed by atoms with van der Waals surface area (Å²) in [6, 6.07) is 21.3. The molecule has 0 aliphatic carbocycles. The maximum Gasteiger partial charge on any atom is 0.0744 e. The van der Waals surface area contributed by atoms with Gasteiger partial charge in [-0.1, -0.05) is 60.1 Å². The lowest BCUT2D eigenvalue weighted by Gasteiger charge is -2.04. The van der Waals surface area contributed by atoms with E-state index >= 15 is 0 Å². The van der Waals surface area contributed by atoms with Crippen LogP contribution in [0.3, 0.4) is 0 Å². The Bertz CT molecular complexity index is 971. The first-order valence-electron chi connectivity index (χ1n) is 6.60. The Morgan fingerprint density at radius 1 is 0.857 bits per heavy atom. The second-order valence-corrected chi connectivity index (χ2v) is 8.17. The van der Waals surface area contributed by atoms with E-state index in [0.717, 1.165) is 5.02 Å². The van der Waals surface area contributed by atoms with Crippen molar-refractivity contribution >= 4 is 66.4 Å². The van der Waals surface area contributed by atoms with E-state index in [1.165, 1.54) is 34.9 Å². The van der Waals surface area contributed by atoms with Crippen molar-refractivity contribution in [1.29, 1.82) is 0 Å². The molecule has 0 nitrogen and oxygen atoms in total. The van der Waals surface area contributed by atoms with Gasteiger partial charge in [-0.2, -0.15) is 0 Å². The molecule has 1 aromatic heterocycles. The molecule has 0 saturated heterocycles. The van der Waals surface area contributed by atoms with Crippen LogP contribution in [0.2, 0.25) is 5.02 Å². The molecule has 0 aliphatic rings. The summed E-state index contributed by atoms with van der Waals surface area (Å²) in [5.74, 6) is 0. The highest BCUT2D eigenvalue weighted by atomic mass is 127. The summed E-state index contributed by atoms with van der Waals surface area (Å²) < 4.78 is 2.46. The van der Waals surface area contributed by atoms with E-state index in [9.17, 15) is 0 Å². The van der Waals surface area contributed by atoms with Gasteiger partial charge in [-0.25, -0.2) is 0 Å². The van der Waals surface area contributed by atoms with Crippen LogP contribution in [0.25, 0.3) is 32.0 Å². The molecule has 0 unspecified atom stereocenters. The van der Waals surface area contributed by atoms with Crippen LogP contribution < -0.4 is 0 Å². The van der Waals surface area contributed by atoms with Crippen LogP contribution in [-0.4, -0.2) is 0 Å². The molecule has 0 atom stereocenters. The highest BCUT2D eigenvalue weighted by Gasteiger charge is 2.14. The van der Waals surface area contributed by atoms with Crippen molar-refractivity contribution in [3.63, 3.8) is 0 Å². The van der Waals surface area contributed by atoms with Gasteiger partial charge in [-0.05, 0) is 51.1 Å². The Morgan fingerprint density at radius 2 is 1.67 bits per heavy atom. The molecule has 0 saturated carbocycles. The summed E-state index contributed by atoms with van der Waals surface area (Å²) in [5.41, 5.74) is 2.55. The minimum Gasteiger partial charge on any atom is -0.127 e. The Morgan fingerprint density at radius 3 is 2.52 bits per heavy atom. The van der Waals surface area contributed by atoms with Crippen molar-refractivity contribution in [1.82, 2.24) is 0 Å². The van der Waals surface area contributed by atoms with E-state index in [4.69, 9.17) is 11.6 Å². The molecule has 0 bridgehead atoms. The topological polar surface area (TPSA) is 0 Å². The lowest BCUT2D eigenvalue weighted by Crippen LogP contribution is -1.80. The molecule has 4 aromatic rings. The third kappa shape index (κ3) is 2.26. The van der Waals surface area contributed by atoms with Gasteiger partial charge in [0.25, 0.3) is 0 Å². The third-order valence-corrected chi connectivity index (χ3v) is 6.32. The van der Waals surface area contributed by atoms with Crippen molar-refractivity contribution in [3.05, 3.63) is 68.6 Å². The number of hydrogen-bond acceptors (Lipinski definition) is 1. The highest BCUT2D eigenvalue weighted by molar-refractivity contribution is 14.1. The highest BCUT2D eigenvalue weighted by Crippen LogP contribution is 2.42. The van der Waals surface area contributed by atoms with Crippen LogP contribution in [-0.2, 0) is 0 Å². The van der Waals surface area contributed by atoms with Crippen molar-refractivity contribution < 1.29 is 0 Å². The Hall–Kier alpha value is -1.10. The van der Waals surface area contributed by atoms with E-state index in [0.29, 0.717) is 0 Å². The van der Waals surface area contributed by atoms with Gasteiger partial charge in [0.1, 0.15) is 0 Å². The predicted octanol–water partition coefficient (Wildman–Crippen LogP) is 6.98. The first kappa shape index (κ1) is 13.6. The molecule has 0 radical (unpaired) electrons. The summed E-state index contributed by atoms with van der Waals surface area (Å²) in [6.07, 6.45) is 0. The van der Waals surface area contributed by atoms with E-state index in [2.05, 4.69) is 71.1 Å². The molecule has 0 amide bonds. The summed E-state index contributed by atoms with van der Waals surface area (Å²) in [6.45, 7) is 0. The van der Waals surface area contributed by atoms with E-state index in [-0.39, 0.29) is 0 Å². The molecular weight excluding hydrogens is 411 g/mol. The van der Waals surface area contributed by atoms with Gasteiger partial charge in [0.05, 0.1) is 12.6 Å². The molecule has 0 fully saturated rings. The zero-order chi connectivity index (χ0) is 14.4. The maximum absolute atomic E-state index is 6.33. The summed E-state index contributed by atoms with van der Waals surface area (Å²) >= 11 is 10.5. The summed E-state index contributed by atoms with van der Waals surface area (Å²) in [4.78, 5) is 0. The summed E-state index contributed by atoms with van der Waals surface area (Å²) in [5, 5.41) is 4.62. The van der Waals surface area contributed by atoms with Gasteiger partial charge in [-0.3, -0.25) is 0 Å². The Kier molecular flexibility index (Phi) is 3.40. The standard InChI is InChI=1S/C18H10ClIS/c19-15-7-3-6-14-16(18(20)21-17(14)15)13-9-8-11-4-1-2-5-12(11)10-13/h1-10H. The van der Waals surface area contributed by atoms with Crippen LogP contribution in [0.4, 0.5) is 0 Å². The van der Waals surface area contributed by atoms with Crippen LogP contribution >= 0.6 is 45.5 Å². The van der Waals surface area contributed by atoms with Crippen LogP contribution in [0.1, 0.15) is 0 Å². The van der Waals surface area contributed by atoms with Crippen molar-refractivity contribution in [2.75, 3.05) is 0 Å². The molecule has 1 heterocycles. The van der Waals surface area contributed by atoms with Crippen LogP contribution in [0, 0.1) is 2.88 Å². The average molecular weight is 421 g/mol. The number of fused-ring (bicyclic) bond motifs is 2. The number of halogens is 2. The molecule has 102 valence electrons. The number of benzene rings is 3. The molecular formula is C18H10ClIS. The SMILES string of the molecule is Clc1cccc2c(-c3ccc4ccccc4c3)c(I)sc12. The van der Waals surface area contributed by atoms with Crippen LogP contribution in [0.5, 0.6) is 0 Å². The maximum atomic E-state index is 6.33. The van der Waals surface area contributed by atoms with Crippen molar-refractivity contribution in [3.8, 4) is 11.1 Å². The fourth-order valence-corrected chi connectivity index (χ4v) is 5.18. The normalized spacial score (nSPS) is 11.3. The minimum absolute atomic E-state index is 0.836. The van der Waals surface area contributed by atoms with Gasteiger partial charge < -0.3 is 0 Å². The molecule has 3 heteroatoms. The van der Waals surface area contributed by atoms with Gasteiger partial charge in [0.2, 0.25) is 0 Å². The van der Waals surface area contributed by atoms with Gasteiger partial charge in [0, 0.05) is 10.9 Å². The first-order chi connectivity index (χ1) is 10.2. The van der Waals surface area contributed by atoms with E-state index in [1.54, 1.807) is 11.3 Å². The van der Waals surface area contributed by atoms with Crippen LogP contribution in [0.15, 0.2) is 60.7 Å². The quantitative estimate of drug-likeness (QED) is 0.291. The minimum atomic E-state index is 0.836.